The first-order valence-corrected chi connectivity index (χ1v) is 15.7. The van der Waals surface area contributed by atoms with Crippen LogP contribution in [0.15, 0.2) is 180 Å². The number of anilines is 3. The van der Waals surface area contributed by atoms with Gasteiger partial charge in [0.05, 0.1) is 5.69 Å². The highest BCUT2D eigenvalue weighted by Gasteiger charge is 2.17. The molecule has 0 saturated carbocycles. The maximum Gasteiger partial charge on any atom is 0.135 e. The second-order valence-electron chi connectivity index (χ2n) is 11.8. The lowest BCUT2D eigenvalue weighted by Gasteiger charge is -2.27. The van der Waals surface area contributed by atoms with E-state index in [0.717, 1.165) is 39.0 Å². The fraction of sp³-hybridized carbons (Fsp3) is 0. The molecule has 8 aromatic carbocycles. The predicted octanol–water partition coefficient (Wildman–Crippen LogP) is 12.7. The third kappa shape index (κ3) is 4.43. The topological polar surface area (TPSA) is 16.4 Å². The molecule has 0 aliphatic heterocycles. The SMILES string of the molecule is c1cc(-c2cccc3ccccc23)cc(N(c2ccc(-c3ccc4oc5ccccc5c4c3)cc2)c2cccc3ccccc23)c1. The normalized spacial score (nSPS) is 11.5. The van der Waals surface area contributed by atoms with Gasteiger partial charge in [-0.15, -0.1) is 0 Å². The van der Waals surface area contributed by atoms with E-state index in [1.54, 1.807) is 0 Å². The molecular formula is C44H29NO. The molecule has 2 heteroatoms. The van der Waals surface area contributed by atoms with Crippen molar-refractivity contribution in [2.75, 3.05) is 4.90 Å². The van der Waals surface area contributed by atoms with Crippen LogP contribution in [0.4, 0.5) is 17.1 Å². The molecule has 2 nitrogen and oxygen atoms in total. The third-order valence-electron chi connectivity index (χ3n) is 9.05. The first-order valence-electron chi connectivity index (χ1n) is 15.7. The van der Waals surface area contributed by atoms with Crippen molar-refractivity contribution in [3.8, 4) is 22.3 Å². The largest absolute Gasteiger partial charge is 0.456 e. The molecule has 46 heavy (non-hydrogen) atoms. The number of para-hydroxylation sites is 1. The van der Waals surface area contributed by atoms with Crippen LogP contribution in [0.2, 0.25) is 0 Å². The van der Waals surface area contributed by atoms with E-state index in [2.05, 4.69) is 169 Å². The Hall–Kier alpha value is -6.12. The van der Waals surface area contributed by atoms with Gasteiger partial charge in [0, 0.05) is 27.5 Å². The number of nitrogens with zero attached hydrogens (tertiary/aromatic N) is 1. The van der Waals surface area contributed by atoms with E-state index in [-0.39, 0.29) is 0 Å². The molecule has 0 radical (unpaired) electrons. The van der Waals surface area contributed by atoms with Crippen LogP contribution in [-0.4, -0.2) is 0 Å². The molecule has 0 aliphatic rings. The molecule has 216 valence electrons. The van der Waals surface area contributed by atoms with Crippen LogP contribution in [0.3, 0.4) is 0 Å². The number of hydrogen-bond acceptors (Lipinski definition) is 2. The molecule has 0 amide bonds. The van der Waals surface area contributed by atoms with Crippen LogP contribution in [0.25, 0.3) is 65.7 Å². The highest BCUT2D eigenvalue weighted by molar-refractivity contribution is 6.06. The van der Waals surface area contributed by atoms with Crippen molar-refractivity contribution >= 4 is 60.5 Å². The van der Waals surface area contributed by atoms with Gasteiger partial charge < -0.3 is 9.32 Å². The summed E-state index contributed by atoms with van der Waals surface area (Å²) in [4.78, 5) is 2.38. The van der Waals surface area contributed by atoms with Gasteiger partial charge in [0.25, 0.3) is 0 Å². The average Bonchev–Trinajstić information content (AvgIpc) is 3.50. The van der Waals surface area contributed by atoms with Gasteiger partial charge in [0.2, 0.25) is 0 Å². The van der Waals surface area contributed by atoms with Crippen molar-refractivity contribution in [2.45, 2.75) is 0 Å². The van der Waals surface area contributed by atoms with Gasteiger partial charge in [0.1, 0.15) is 11.2 Å². The molecule has 0 spiro atoms. The molecule has 0 unspecified atom stereocenters. The van der Waals surface area contributed by atoms with Crippen LogP contribution in [0.5, 0.6) is 0 Å². The van der Waals surface area contributed by atoms with Crippen LogP contribution in [0, 0.1) is 0 Å². The van der Waals surface area contributed by atoms with E-state index >= 15 is 0 Å². The Labute approximate surface area is 267 Å². The standard InChI is InChI=1S/C44H29NO/c1-3-16-37-31(10-1)12-8-19-38(37)34-14-7-15-36(28-34)45(42-20-9-13-32-11-2-4-17-39(32)42)35-25-22-30(23-26-35)33-24-27-44-41(29-33)40-18-5-6-21-43(40)46-44/h1-29H. The summed E-state index contributed by atoms with van der Waals surface area (Å²) in [5.74, 6) is 0. The summed E-state index contributed by atoms with van der Waals surface area (Å²) in [5, 5.41) is 7.21. The van der Waals surface area contributed by atoms with Gasteiger partial charge >= 0.3 is 0 Å². The molecule has 0 saturated heterocycles. The highest BCUT2D eigenvalue weighted by Crippen LogP contribution is 2.42. The Morgan fingerprint density at radius 3 is 1.83 bits per heavy atom. The number of rotatable bonds is 5. The summed E-state index contributed by atoms with van der Waals surface area (Å²) in [7, 11) is 0. The van der Waals surface area contributed by atoms with Crippen LogP contribution in [0.1, 0.15) is 0 Å². The first kappa shape index (κ1) is 26.3. The minimum absolute atomic E-state index is 0.912. The van der Waals surface area contributed by atoms with Crippen molar-refractivity contribution in [3.05, 3.63) is 176 Å². The number of benzene rings is 8. The summed E-state index contributed by atoms with van der Waals surface area (Å²) in [6.45, 7) is 0. The Morgan fingerprint density at radius 1 is 0.348 bits per heavy atom. The fourth-order valence-electron chi connectivity index (χ4n) is 6.83. The lowest BCUT2D eigenvalue weighted by molar-refractivity contribution is 0.669. The molecule has 0 atom stereocenters. The molecule has 1 aromatic heterocycles. The van der Waals surface area contributed by atoms with Gasteiger partial charge in [-0.2, -0.15) is 0 Å². The second kappa shape index (κ2) is 10.8. The molecule has 0 aliphatic carbocycles. The average molecular weight is 588 g/mol. The van der Waals surface area contributed by atoms with Crippen LogP contribution < -0.4 is 4.90 Å². The quantitative estimate of drug-likeness (QED) is 0.199. The molecule has 0 fully saturated rings. The molecule has 0 bridgehead atoms. The smallest absolute Gasteiger partial charge is 0.135 e. The van der Waals surface area contributed by atoms with Gasteiger partial charge in [-0.05, 0) is 86.9 Å². The van der Waals surface area contributed by atoms with Crippen molar-refractivity contribution < 1.29 is 4.42 Å². The minimum Gasteiger partial charge on any atom is -0.456 e. The van der Waals surface area contributed by atoms with Gasteiger partial charge in [-0.25, -0.2) is 0 Å². The lowest BCUT2D eigenvalue weighted by Crippen LogP contribution is -2.10. The van der Waals surface area contributed by atoms with E-state index in [9.17, 15) is 0 Å². The van der Waals surface area contributed by atoms with E-state index in [4.69, 9.17) is 4.42 Å². The summed E-state index contributed by atoms with van der Waals surface area (Å²) < 4.78 is 6.09. The highest BCUT2D eigenvalue weighted by atomic mass is 16.3. The molecule has 9 aromatic rings. The maximum atomic E-state index is 6.09. The zero-order valence-electron chi connectivity index (χ0n) is 25.1. The maximum absolute atomic E-state index is 6.09. The van der Waals surface area contributed by atoms with Crippen LogP contribution in [-0.2, 0) is 0 Å². The molecule has 0 N–H and O–H groups in total. The molecule has 1 heterocycles. The molecule has 9 rings (SSSR count). The number of fused-ring (bicyclic) bond motifs is 5. The Kier molecular flexibility index (Phi) is 6.17. The van der Waals surface area contributed by atoms with E-state index in [1.165, 1.54) is 43.8 Å². The second-order valence-corrected chi connectivity index (χ2v) is 11.8. The molecular weight excluding hydrogens is 558 g/mol. The Bertz CT molecular complexity index is 2530. The van der Waals surface area contributed by atoms with Crippen molar-refractivity contribution in [1.29, 1.82) is 0 Å². The number of hydrogen-bond donors (Lipinski definition) is 0. The lowest BCUT2D eigenvalue weighted by atomic mass is 9.97. The first-order chi connectivity index (χ1) is 22.8. The van der Waals surface area contributed by atoms with Gasteiger partial charge in [-0.1, -0.05) is 127 Å². The monoisotopic (exact) mass is 587 g/mol. The summed E-state index contributed by atoms with van der Waals surface area (Å²) in [6, 6.07) is 62.9. The zero-order valence-corrected chi connectivity index (χ0v) is 25.1. The minimum atomic E-state index is 0.912. The van der Waals surface area contributed by atoms with E-state index in [0.29, 0.717) is 0 Å². The van der Waals surface area contributed by atoms with Crippen molar-refractivity contribution in [3.63, 3.8) is 0 Å². The van der Waals surface area contributed by atoms with Gasteiger partial charge in [0.15, 0.2) is 0 Å². The summed E-state index contributed by atoms with van der Waals surface area (Å²) in [6.07, 6.45) is 0. The zero-order chi connectivity index (χ0) is 30.5. The fourth-order valence-corrected chi connectivity index (χ4v) is 6.83. The van der Waals surface area contributed by atoms with E-state index < -0.39 is 0 Å². The van der Waals surface area contributed by atoms with E-state index in [1.807, 2.05) is 12.1 Å². The summed E-state index contributed by atoms with van der Waals surface area (Å²) >= 11 is 0. The number of furan rings is 1. The third-order valence-corrected chi connectivity index (χ3v) is 9.05. The van der Waals surface area contributed by atoms with Crippen molar-refractivity contribution in [2.24, 2.45) is 0 Å². The predicted molar refractivity (Wildman–Crippen MR) is 194 cm³/mol. The summed E-state index contributed by atoms with van der Waals surface area (Å²) in [5.41, 5.74) is 9.94. The van der Waals surface area contributed by atoms with Crippen LogP contribution >= 0.6 is 0 Å². The Balaban J connectivity index is 1.18. The Morgan fingerprint density at radius 2 is 0.978 bits per heavy atom. The van der Waals surface area contributed by atoms with Gasteiger partial charge in [-0.3, -0.25) is 0 Å². The van der Waals surface area contributed by atoms with Crippen molar-refractivity contribution in [1.82, 2.24) is 0 Å².